The minimum atomic E-state index is 0.0952. The zero-order valence-electron chi connectivity index (χ0n) is 9.44. The SMILES string of the molecule is O=C(Nc1cc2cn[nH]c2cn1)C1CCCC1. The first-order chi connectivity index (χ1) is 8.33. The van der Waals surface area contributed by atoms with Gasteiger partial charge in [0.15, 0.2) is 0 Å². The highest BCUT2D eigenvalue weighted by Gasteiger charge is 2.22. The van der Waals surface area contributed by atoms with Crippen LogP contribution in [0.3, 0.4) is 0 Å². The van der Waals surface area contributed by atoms with Crippen molar-refractivity contribution in [2.45, 2.75) is 25.7 Å². The van der Waals surface area contributed by atoms with Crippen LogP contribution in [0.2, 0.25) is 0 Å². The third-order valence-corrected chi connectivity index (χ3v) is 3.30. The van der Waals surface area contributed by atoms with Crippen molar-refractivity contribution >= 4 is 22.6 Å². The zero-order chi connectivity index (χ0) is 11.7. The monoisotopic (exact) mass is 230 g/mol. The molecule has 2 aromatic heterocycles. The summed E-state index contributed by atoms with van der Waals surface area (Å²) in [5.41, 5.74) is 0.879. The molecular formula is C12H14N4O. The van der Waals surface area contributed by atoms with E-state index in [-0.39, 0.29) is 11.8 Å². The van der Waals surface area contributed by atoms with Crippen molar-refractivity contribution in [2.75, 3.05) is 5.32 Å². The van der Waals surface area contributed by atoms with Crippen molar-refractivity contribution in [3.8, 4) is 0 Å². The third-order valence-electron chi connectivity index (χ3n) is 3.30. The summed E-state index contributed by atoms with van der Waals surface area (Å²) < 4.78 is 0. The van der Waals surface area contributed by atoms with Gasteiger partial charge in [0.05, 0.1) is 17.9 Å². The van der Waals surface area contributed by atoms with Crippen molar-refractivity contribution in [1.82, 2.24) is 15.2 Å². The van der Waals surface area contributed by atoms with Crippen LogP contribution in [0.25, 0.3) is 10.9 Å². The number of rotatable bonds is 2. The lowest BCUT2D eigenvalue weighted by Gasteiger charge is -2.09. The van der Waals surface area contributed by atoms with Crippen LogP contribution in [0.15, 0.2) is 18.5 Å². The molecule has 0 saturated heterocycles. The number of anilines is 1. The van der Waals surface area contributed by atoms with Crippen LogP contribution in [0.5, 0.6) is 0 Å². The Bertz CT molecular complexity index is 542. The molecule has 17 heavy (non-hydrogen) atoms. The number of hydrogen-bond acceptors (Lipinski definition) is 3. The number of carbonyl (C=O) groups is 1. The topological polar surface area (TPSA) is 70.7 Å². The lowest BCUT2D eigenvalue weighted by molar-refractivity contribution is -0.119. The lowest BCUT2D eigenvalue weighted by atomic mass is 10.1. The zero-order valence-corrected chi connectivity index (χ0v) is 9.44. The minimum absolute atomic E-state index is 0.0952. The summed E-state index contributed by atoms with van der Waals surface area (Å²) in [7, 11) is 0. The van der Waals surface area contributed by atoms with Crippen LogP contribution in [0, 0.1) is 5.92 Å². The Morgan fingerprint density at radius 3 is 3.00 bits per heavy atom. The summed E-state index contributed by atoms with van der Waals surface area (Å²) in [5.74, 6) is 0.866. The number of hydrogen-bond donors (Lipinski definition) is 2. The molecule has 2 aromatic rings. The van der Waals surface area contributed by atoms with E-state index in [1.54, 1.807) is 12.4 Å². The van der Waals surface area contributed by atoms with Crippen molar-refractivity contribution in [1.29, 1.82) is 0 Å². The lowest BCUT2D eigenvalue weighted by Crippen LogP contribution is -2.20. The maximum absolute atomic E-state index is 11.9. The number of amides is 1. The molecule has 88 valence electrons. The number of H-pyrrole nitrogens is 1. The first kappa shape index (κ1) is 10.3. The van der Waals surface area contributed by atoms with Gasteiger partial charge in [-0.25, -0.2) is 4.98 Å². The summed E-state index contributed by atoms with van der Waals surface area (Å²) >= 11 is 0. The molecule has 5 nitrogen and oxygen atoms in total. The fourth-order valence-corrected chi connectivity index (χ4v) is 2.33. The molecular weight excluding hydrogens is 216 g/mol. The van der Waals surface area contributed by atoms with E-state index in [9.17, 15) is 4.79 Å². The van der Waals surface area contributed by atoms with Crippen LogP contribution >= 0.6 is 0 Å². The van der Waals surface area contributed by atoms with E-state index in [1.807, 2.05) is 6.07 Å². The van der Waals surface area contributed by atoms with Crippen molar-refractivity contribution in [2.24, 2.45) is 5.92 Å². The Morgan fingerprint density at radius 2 is 2.18 bits per heavy atom. The predicted octanol–water partition coefficient (Wildman–Crippen LogP) is 2.09. The van der Waals surface area contributed by atoms with Crippen LogP contribution in [-0.4, -0.2) is 21.1 Å². The Hall–Kier alpha value is -1.91. The number of nitrogens with zero attached hydrogens (tertiary/aromatic N) is 2. The third kappa shape index (κ3) is 2.00. The number of fused-ring (bicyclic) bond motifs is 1. The molecule has 1 fully saturated rings. The highest BCUT2D eigenvalue weighted by molar-refractivity contribution is 5.93. The number of nitrogens with one attached hydrogen (secondary N) is 2. The van der Waals surface area contributed by atoms with Gasteiger partial charge in [0, 0.05) is 11.3 Å². The molecule has 3 rings (SSSR count). The summed E-state index contributed by atoms with van der Waals surface area (Å²) in [6, 6.07) is 1.84. The van der Waals surface area contributed by atoms with E-state index < -0.39 is 0 Å². The normalized spacial score (nSPS) is 16.5. The van der Waals surface area contributed by atoms with Gasteiger partial charge in [-0.15, -0.1) is 0 Å². The molecule has 2 heterocycles. The van der Waals surface area contributed by atoms with E-state index in [0.29, 0.717) is 5.82 Å². The van der Waals surface area contributed by atoms with Gasteiger partial charge in [0.1, 0.15) is 5.82 Å². The Kier molecular flexibility index (Phi) is 2.51. The number of aromatic amines is 1. The van der Waals surface area contributed by atoms with E-state index in [2.05, 4.69) is 20.5 Å². The molecule has 0 atom stereocenters. The molecule has 0 unspecified atom stereocenters. The fraction of sp³-hybridized carbons (Fsp3) is 0.417. The maximum atomic E-state index is 11.9. The van der Waals surface area contributed by atoms with E-state index in [1.165, 1.54) is 0 Å². The van der Waals surface area contributed by atoms with Gasteiger partial charge in [0.2, 0.25) is 5.91 Å². The Balaban J connectivity index is 1.77. The molecule has 1 aliphatic carbocycles. The first-order valence-electron chi connectivity index (χ1n) is 5.93. The standard InChI is InChI=1S/C12H14N4O/c17-12(8-3-1-2-4-8)15-11-5-9-6-14-16-10(9)7-13-11/h5-8H,1-4H2,(H,14,16)(H,13,15,17). The Labute approximate surface area is 98.6 Å². The Morgan fingerprint density at radius 1 is 1.35 bits per heavy atom. The number of carbonyl (C=O) groups excluding carboxylic acids is 1. The molecule has 1 aliphatic rings. The number of aromatic nitrogens is 3. The van der Waals surface area contributed by atoms with Gasteiger partial charge >= 0.3 is 0 Å². The molecule has 0 bridgehead atoms. The average Bonchev–Trinajstić information content (AvgIpc) is 2.99. The van der Waals surface area contributed by atoms with Gasteiger partial charge in [-0.2, -0.15) is 5.10 Å². The molecule has 0 radical (unpaired) electrons. The van der Waals surface area contributed by atoms with Gasteiger partial charge < -0.3 is 5.32 Å². The summed E-state index contributed by atoms with van der Waals surface area (Å²) in [4.78, 5) is 16.1. The highest BCUT2D eigenvalue weighted by atomic mass is 16.1. The van der Waals surface area contributed by atoms with E-state index >= 15 is 0 Å². The molecule has 0 spiro atoms. The molecule has 2 N–H and O–H groups in total. The smallest absolute Gasteiger partial charge is 0.228 e. The molecule has 1 saturated carbocycles. The van der Waals surface area contributed by atoms with E-state index in [0.717, 1.165) is 36.6 Å². The van der Waals surface area contributed by atoms with Crippen LogP contribution < -0.4 is 5.32 Å². The largest absolute Gasteiger partial charge is 0.310 e. The minimum Gasteiger partial charge on any atom is -0.310 e. The van der Waals surface area contributed by atoms with Crippen molar-refractivity contribution in [3.63, 3.8) is 0 Å². The quantitative estimate of drug-likeness (QED) is 0.829. The fourth-order valence-electron chi connectivity index (χ4n) is 2.33. The molecule has 5 heteroatoms. The van der Waals surface area contributed by atoms with Crippen LogP contribution in [0.1, 0.15) is 25.7 Å². The summed E-state index contributed by atoms with van der Waals surface area (Å²) in [5, 5.41) is 10.6. The van der Waals surface area contributed by atoms with Crippen LogP contribution in [0.4, 0.5) is 5.82 Å². The summed E-state index contributed by atoms with van der Waals surface area (Å²) in [6.07, 6.45) is 7.73. The summed E-state index contributed by atoms with van der Waals surface area (Å²) in [6.45, 7) is 0. The van der Waals surface area contributed by atoms with E-state index in [4.69, 9.17) is 0 Å². The van der Waals surface area contributed by atoms with Gasteiger partial charge in [-0.3, -0.25) is 9.89 Å². The van der Waals surface area contributed by atoms with Crippen molar-refractivity contribution in [3.05, 3.63) is 18.5 Å². The maximum Gasteiger partial charge on any atom is 0.228 e. The number of pyridine rings is 1. The van der Waals surface area contributed by atoms with Crippen LogP contribution in [-0.2, 0) is 4.79 Å². The van der Waals surface area contributed by atoms with Crippen molar-refractivity contribution < 1.29 is 4.79 Å². The second-order valence-corrected chi connectivity index (χ2v) is 4.50. The molecule has 0 aromatic carbocycles. The predicted molar refractivity (Wildman–Crippen MR) is 64.5 cm³/mol. The van der Waals surface area contributed by atoms with Gasteiger partial charge in [-0.05, 0) is 18.9 Å². The van der Waals surface area contributed by atoms with Gasteiger partial charge in [-0.1, -0.05) is 12.8 Å². The highest BCUT2D eigenvalue weighted by Crippen LogP contribution is 2.26. The second kappa shape index (κ2) is 4.16. The molecule has 1 amide bonds. The average molecular weight is 230 g/mol. The van der Waals surface area contributed by atoms with Gasteiger partial charge in [0.25, 0.3) is 0 Å². The second-order valence-electron chi connectivity index (χ2n) is 4.50. The first-order valence-corrected chi connectivity index (χ1v) is 5.93. The molecule has 0 aliphatic heterocycles.